The Kier molecular flexibility index (Phi) is 12.4. The predicted octanol–water partition coefficient (Wildman–Crippen LogP) is 8.69. The summed E-state index contributed by atoms with van der Waals surface area (Å²) in [4.78, 5) is 41.7. The van der Waals surface area contributed by atoms with Crippen molar-refractivity contribution in [1.82, 2.24) is 14.8 Å². The minimum absolute atomic E-state index is 0.110. The molecule has 302 valence electrons. The van der Waals surface area contributed by atoms with Crippen molar-refractivity contribution in [2.75, 3.05) is 19.6 Å². The van der Waals surface area contributed by atoms with Gasteiger partial charge in [-0.2, -0.15) is 13.2 Å². The second kappa shape index (κ2) is 16.4. The first-order chi connectivity index (χ1) is 26.1. The monoisotopic (exact) mass is 793 g/mol. The molecule has 2 fully saturated rings. The standard InChI is InChI=1S/C41H43F8N3O4/c1-6-7-25-15-28(35-22(4)13-27(42)14-23(35)5)38(44)36(37(25)43)31(17-34(54)55)50-39(56)32(12-21(2)3)52-20-29(30(16-33(52)53)41(47,48)49)24-8-10-51(11-9-24)19-26-18-40(26,45)46/h13-16,20-21,24,26,31-32H,8-12,17-19H2,1-5H3,(H,50,56)(H,54,55)/t26?,31-,32+/m1/s1. The van der Waals surface area contributed by atoms with Crippen molar-refractivity contribution < 1.29 is 49.8 Å². The van der Waals surface area contributed by atoms with Crippen LogP contribution < -0.4 is 10.9 Å². The van der Waals surface area contributed by atoms with Crippen molar-refractivity contribution in [3.63, 3.8) is 0 Å². The molecule has 7 nitrogen and oxygen atoms in total. The third-order valence-corrected chi connectivity index (χ3v) is 10.5. The highest BCUT2D eigenvalue weighted by molar-refractivity contribution is 5.82. The van der Waals surface area contributed by atoms with Crippen molar-refractivity contribution >= 4 is 11.9 Å². The van der Waals surface area contributed by atoms with Gasteiger partial charge >= 0.3 is 12.1 Å². The molecule has 56 heavy (non-hydrogen) atoms. The number of likely N-dealkylation sites (tertiary alicyclic amines) is 1. The van der Waals surface area contributed by atoms with E-state index >= 15 is 8.78 Å². The minimum Gasteiger partial charge on any atom is -0.481 e. The Morgan fingerprint density at radius 3 is 2.14 bits per heavy atom. The second-order valence-electron chi connectivity index (χ2n) is 15.2. The number of carboxylic acids is 1. The van der Waals surface area contributed by atoms with E-state index in [0.717, 1.165) is 29.0 Å². The molecule has 1 saturated carbocycles. The van der Waals surface area contributed by atoms with Gasteiger partial charge in [0.15, 0.2) is 0 Å². The van der Waals surface area contributed by atoms with E-state index < -0.39 is 88.5 Å². The van der Waals surface area contributed by atoms with Crippen LogP contribution in [0.3, 0.4) is 0 Å². The number of benzene rings is 2. The maximum absolute atomic E-state index is 16.7. The molecule has 2 N–H and O–H groups in total. The van der Waals surface area contributed by atoms with Gasteiger partial charge in [0.05, 0.1) is 23.6 Å². The summed E-state index contributed by atoms with van der Waals surface area (Å²) in [6.45, 7) is 8.32. The van der Waals surface area contributed by atoms with E-state index in [-0.39, 0.29) is 84.6 Å². The number of carbonyl (C=O) groups is 2. The average molecular weight is 794 g/mol. The lowest BCUT2D eigenvalue weighted by Crippen LogP contribution is -2.41. The van der Waals surface area contributed by atoms with Gasteiger partial charge in [-0.15, -0.1) is 5.92 Å². The summed E-state index contributed by atoms with van der Waals surface area (Å²) < 4.78 is 118. The Balaban J connectivity index is 1.57. The van der Waals surface area contributed by atoms with Crippen molar-refractivity contribution in [3.05, 3.63) is 91.6 Å². The fraction of sp³-hybridized carbons (Fsp3) is 0.488. The lowest BCUT2D eigenvalue weighted by Gasteiger charge is -2.34. The number of nitrogens with zero attached hydrogens (tertiary/aromatic N) is 2. The highest BCUT2D eigenvalue weighted by atomic mass is 19.4. The molecule has 5 rings (SSSR count). The van der Waals surface area contributed by atoms with Gasteiger partial charge in [0.25, 0.3) is 11.5 Å². The fourth-order valence-electron chi connectivity index (χ4n) is 7.75. The largest absolute Gasteiger partial charge is 0.481 e. The number of hydrogen-bond acceptors (Lipinski definition) is 4. The van der Waals surface area contributed by atoms with Crippen LogP contribution in [-0.2, 0) is 15.8 Å². The highest BCUT2D eigenvalue weighted by Crippen LogP contribution is 2.49. The zero-order valence-electron chi connectivity index (χ0n) is 31.5. The Morgan fingerprint density at radius 2 is 1.62 bits per heavy atom. The highest BCUT2D eigenvalue weighted by Gasteiger charge is 2.57. The number of alkyl halides is 5. The average Bonchev–Trinajstić information content (AvgIpc) is 3.69. The number of carboxylic acid groups (broad SMARTS) is 1. The van der Waals surface area contributed by atoms with Gasteiger partial charge in [-0.1, -0.05) is 19.8 Å². The summed E-state index contributed by atoms with van der Waals surface area (Å²) in [6.07, 6.45) is -5.10. The van der Waals surface area contributed by atoms with Gasteiger partial charge in [0.1, 0.15) is 23.5 Å². The van der Waals surface area contributed by atoms with E-state index in [0.29, 0.717) is 6.07 Å². The summed E-state index contributed by atoms with van der Waals surface area (Å²) in [5, 5.41) is 12.3. The third kappa shape index (κ3) is 9.28. The van der Waals surface area contributed by atoms with Gasteiger partial charge in [-0.25, -0.2) is 22.0 Å². The molecule has 1 unspecified atom stereocenters. The molecule has 0 bridgehead atoms. The smallest absolute Gasteiger partial charge is 0.416 e. The molecule has 3 atom stereocenters. The van der Waals surface area contributed by atoms with E-state index in [4.69, 9.17) is 0 Å². The van der Waals surface area contributed by atoms with E-state index in [1.165, 1.54) is 20.8 Å². The summed E-state index contributed by atoms with van der Waals surface area (Å²) in [6, 6.07) is 0.320. The van der Waals surface area contributed by atoms with E-state index in [1.54, 1.807) is 18.7 Å². The Morgan fingerprint density at radius 1 is 1.02 bits per heavy atom. The van der Waals surface area contributed by atoms with Crippen LogP contribution >= 0.6 is 0 Å². The molecule has 1 saturated heterocycles. The third-order valence-electron chi connectivity index (χ3n) is 10.5. The number of pyridine rings is 1. The van der Waals surface area contributed by atoms with Crippen LogP contribution in [0.2, 0.25) is 0 Å². The maximum atomic E-state index is 16.7. The van der Waals surface area contributed by atoms with Gasteiger partial charge in [-0.05, 0) is 105 Å². The maximum Gasteiger partial charge on any atom is 0.416 e. The number of carbonyl (C=O) groups excluding carboxylic acids is 1. The van der Waals surface area contributed by atoms with Gasteiger partial charge in [0.2, 0.25) is 5.91 Å². The molecule has 3 aromatic rings. The molecule has 1 aliphatic carbocycles. The lowest BCUT2D eigenvalue weighted by molar-refractivity contribution is -0.139. The molecule has 1 aromatic heterocycles. The molecule has 1 aliphatic heterocycles. The molecule has 2 aliphatic rings. The number of aromatic nitrogens is 1. The topological polar surface area (TPSA) is 91.6 Å². The normalized spacial score (nSPS) is 18.3. The number of amides is 1. The number of halogens is 8. The van der Waals surface area contributed by atoms with Crippen LogP contribution in [0.25, 0.3) is 11.1 Å². The Hall–Kier alpha value is -4.71. The van der Waals surface area contributed by atoms with Crippen LogP contribution in [0.5, 0.6) is 0 Å². The van der Waals surface area contributed by atoms with Crippen LogP contribution in [0.1, 0.15) is 104 Å². The van der Waals surface area contributed by atoms with Crippen molar-refractivity contribution in [2.24, 2.45) is 11.8 Å². The second-order valence-corrected chi connectivity index (χ2v) is 15.2. The molecule has 15 heteroatoms. The SMILES string of the molecule is CC#Cc1cc(-c2c(C)cc(F)cc2C)c(F)c([C@@H](CC(=O)O)NC(=O)[C@H](CC(C)C)n2cc(C3CCN(CC4CC4(F)F)CC3)c(C(F)(F)F)cc2=O)c1F. The molecule has 0 radical (unpaired) electrons. The molecule has 1 amide bonds. The summed E-state index contributed by atoms with van der Waals surface area (Å²) >= 11 is 0. The fourth-order valence-corrected chi connectivity index (χ4v) is 7.75. The van der Waals surface area contributed by atoms with Crippen molar-refractivity contribution in [2.45, 2.75) is 96.8 Å². The van der Waals surface area contributed by atoms with E-state index in [9.17, 15) is 45.8 Å². The molecule has 0 spiro atoms. The van der Waals surface area contributed by atoms with Gasteiger partial charge in [-0.3, -0.25) is 14.4 Å². The van der Waals surface area contributed by atoms with Crippen LogP contribution in [0.15, 0.2) is 35.3 Å². The zero-order valence-corrected chi connectivity index (χ0v) is 31.5. The predicted molar refractivity (Wildman–Crippen MR) is 193 cm³/mol. The van der Waals surface area contributed by atoms with Crippen molar-refractivity contribution in [1.29, 1.82) is 0 Å². The van der Waals surface area contributed by atoms with E-state index in [2.05, 4.69) is 17.2 Å². The molecule has 2 heterocycles. The van der Waals surface area contributed by atoms with E-state index in [1.807, 2.05) is 0 Å². The van der Waals surface area contributed by atoms with Gasteiger partial charge in [0, 0.05) is 42.3 Å². The number of rotatable bonds is 12. The minimum atomic E-state index is -4.95. The number of piperidine rings is 1. The summed E-state index contributed by atoms with van der Waals surface area (Å²) in [7, 11) is 0. The van der Waals surface area contributed by atoms with Crippen molar-refractivity contribution in [3.8, 4) is 23.0 Å². The summed E-state index contributed by atoms with van der Waals surface area (Å²) in [5.74, 6) is -5.42. The van der Waals surface area contributed by atoms with Crippen LogP contribution in [-0.4, -0.2) is 52.0 Å². The molecular weight excluding hydrogens is 750 g/mol. The summed E-state index contributed by atoms with van der Waals surface area (Å²) in [5.41, 5.74) is -3.36. The number of aryl methyl sites for hydroxylation is 2. The van der Waals surface area contributed by atoms with Crippen LogP contribution in [0, 0.1) is 55.0 Å². The first-order valence-electron chi connectivity index (χ1n) is 18.3. The quantitative estimate of drug-likeness (QED) is 0.142. The number of aliphatic carboxylic acids is 1. The molecule has 2 aromatic carbocycles. The Labute approximate surface area is 319 Å². The zero-order chi connectivity index (χ0) is 41.4. The lowest BCUT2D eigenvalue weighted by atomic mass is 9.87. The molecular formula is C41H43F8N3O4. The number of nitrogens with one attached hydrogen (secondary N) is 1. The number of hydrogen-bond donors (Lipinski definition) is 2. The first kappa shape index (κ1) is 42.4. The Bertz CT molecular complexity index is 2100. The van der Waals surface area contributed by atoms with Crippen LogP contribution in [0.4, 0.5) is 35.1 Å². The first-order valence-corrected chi connectivity index (χ1v) is 18.3. The van der Waals surface area contributed by atoms with Gasteiger partial charge < -0.3 is 19.9 Å².